The minimum absolute atomic E-state index is 0.106. The predicted octanol–water partition coefficient (Wildman–Crippen LogP) is 2.52. The van der Waals surface area contributed by atoms with E-state index < -0.39 is 0 Å². The van der Waals surface area contributed by atoms with Crippen molar-refractivity contribution in [1.82, 2.24) is 10.2 Å². The van der Waals surface area contributed by atoms with Crippen LogP contribution in [0.25, 0.3) is 0 Å². The summed E-state index contributed by atoms with van der Waals surface area (Å²) in [6.45, 7) is 4.31. The van der Waals surface area contributed by atoms with Crippen LogP contribution in [0.3, 0.4) is 0 Å². The van der Waals surface area contributed by atoms with Crippen LogP contribution in [0.4, 0.5) is 5.13 Å². The van der Waals surface area contributed by atoms with Gasteiger partial charge < -0.3 is 9.47 Å². The Bertz CT molecular complexity index is 601. The van der Waals surface area contributed by atoms with Crippen LogP contribution in [0, 0.1) is 0 Å². The van der Waals surface area contributed by atoms with Gasteiger partial charge in [-0.25, -0.2) is 0 Å². The van der Waals surface area contributed by atoms with Crippen molar-refractivity contribution in [3.8, 4) is 11.5 Å². The number of hydrogen-bond acceptors (Lipinski definition) is 6. The number of carbonyl (C=O) groups is 1. The summed E-state index contributed by atoms with van der Waals surface area (Å²) in [6, 6.07) is 7.24. The number of benzene rings is 1. The summed E-state index contributed by atoms with van der Waals surface area (Å²) < 4.78 is 10.9. The Hall–Kier alpha value is -2.15. The number of nitrogens with one attached hydrogen (secondary N) is 1. The SMILES string of the molecule is CCOc1ccccc1OCC(=O)Nc1nnc(CC)s1. The minimum atomic E-state index is -0.278. The average Bonchev–Trinajstić information content (AvgIpc) is 2.94. The molecule has 112 valence electrons. The maximum Gasteiger partial charge on any atom is 0.264 e. The van der Waals surface area contributed by atoms with Crippen molar-refractivity contribution >= 4 is 22.4 Å². The van der Waals surface area contributed by atoms with Crippen molar-refractivity contribution in [2.24, 2.45) is 0 Å². The molecule has 1 N–H and O–H groups in total. The van der Waals surface area contributed by atoms with Gasteiger partial charge in [-0.2, -0.15) is 0 Å². The van der Waals surface area contributed by atoms with Gasteiger partial charge in [0.1, 0.15) is 5.01 Å². The van der Waals surface area contributed by atoms with Crippen LogP contribution >= 0.6 is 11.3 Å². The van der Waals surface area contributed by atoms with E-state index in [9.17, 15) is 4.79 Å². The fraction of sp³-hybridized carbons (Fsp3) is 0.357. The zero-order valence-corrected chi connectivity index (χ0v) is 12.8. The zero-order chi connectivity index (χ0) is 15.1. The standard InChI is InChI=1S/C14H17N3O3S/c1-3-13-16-17-14(21-13)15-12(18)9-20-11-8-6-5-7-10(11)19-4-2/h5-8H,3-4,9H2,1-2H3,(H,15,17,18). The lowest BCUT2D eigenvalue weighted by atomic mass is 10.3. The van der Waals surface area contributed by atoms with E-state index in [1.807, 2.05) is 26.0 Å². The molecule has 6 nitrogen and oxygen atoms in total. The van der Waals surface area contributed by atoms with Crippen LogP contribution in [0.5, 0.6) is 11.5 Å². The lowest BCUT2D eigenvalue weighted by molar-refractivity contribution is -0.118. The molecule has 0 aliphatic rings. The van der Waals surface area contributed by atoms with Gasteiger partial charge in [-0.1, -0.05) is 30.4 Å². The molecule has 0 bridgehead atoms. The molecule has 1 heterocycles. The van der Waals surface area contributed by atoms with Crippen LogP contribution in [0.2, 0.25) is 0 Å². The fourth-order valence-corrected chi connectivity index (χ4v) is 2.29. The monoisotopic (exact) mass is 307 g/mol. The van der Waals surface area contributed by atoms with E-state index in [1.165, 1.54) is 11.3 Å². The minimum Gasteiger partial charge on any atom is -0.490 e. The molecule has 2 rings (SSSR count). The summed E-state index contributed by atoms with van der Waals surface area (Å²) in [5.41, 5.74) is 0. The first-order valence-corrected chi connectivity index (χ1v) is 7.51. The molecule has 0 spiro atoms. The van der Waals surface area contributed by atoms with Crippen molar-refractivity contribution in [3.63, 3.8) is 0 Å². The van der Waals surface area contributed by atoms with Crippen molar-refractivity contribution in [3.05, 3.63) is 29.3 Å². The molecule has 1 aromatic carbocycles. The van der Waals surface area contributed by atoms with Gasteiger partial charge in [0.25, 0.3) is 5.91 Å². The topological polar surface area (TPSA) is 73.3 Å². The van der Waals surface area contributed by atoms with Crippen LogP contribution < -0.4 is 14.8 Å². The molecule has 0 saturated carbocycles. The molecular formula is C14H17N3O3S. The first-order valence-electron chi connectivity index (χ1n) is 6.69. The van der Waals surface area contributed by atoms with Crippen molar-refractivity contribution < 1.29 is 14.3 Å². The Balaban J connectivity index is 1.89. The van der Waals surface area contributed by atoms with E-state index in [4.69, 9.17) is 9.47 Å². The number of ether oxygens (including phenoxy) is 2. The van der Waals surface area contributed by atoms with Crippen LogP contribution in [0.1, 0.15) is 18.9 Å². The number of hydrogen-bond donors (Lipinski definition) is 1. The number of rotatable bonds is 7. The summed E-state index contributed by atoms with van der Waals surface area (Å²) in [6.07, 6.45) is 0.797. The van der Waals surface area contributed by atoms with E-state index in [-0.39, 0.29) is 12.5 Å². The highest BCUT2D eigenvalue weighted by molar-refractivity contribution is 7.15. The van der Waals surface area contributed by atoms with Gasteiger partial charge in [-0.05, 0) is 25.5 Å². The fourth-order valence-electron chi connectivity index (χ4n) is 1.59. The maximum absolute atomic E-state index is 11.8. The molecule has 0 fully saturated rings. The molecule has 0 unspecified atom stereocenters. The van der Waals surface area contributed by atoms with Gasteiger partial charge >= 0.3 is 0 Å². The molecule has 7 heteroatoms. The van der Waals surface area contributed by atoms with Crippen molar-refractivity contribution in [2.45, 2.75) is 20.3 Å². The molecular weight excluding hydrogens is 290 g/mol. The molecule has 0 saturated heterocycles. The molecule has 1 amide bonds. The number of para-hydroxylation sites is 2. The molecule has 0 atom stereocenters. The number of aryl methyl sites for hydroxylation is 1. The summed E-state index contributed by atoms with van der Waals surface area (Å²) in [4.78, 5) is 11.8. The highest BCUT2D eigenvalue weighted by Crippen LogP contribution is 2.26. The highest BCUT2D eigenvalue weighted by Gasteiger charge is 2.10. The molecule has 1 aromatic heterocycles. The van der Waals surface area contributed by atoms with Crippen molar-refractivity contribution in [2.75, 3.05) is 18.5 Å². The van der Waals surface area contributed by atoms with Crippen LogP contribution in [-0.2, 0) is 11.2 Å². The molecule has 0 radical (unpaired) electrons. The largest absolute Gasteiger partial charge is 0.490 e. The Morgan fingerprint density at radius 1 is 1.19 bits per heavy atom. The Kier molecular flexibility index (Phi) is 5.51. The number of amides is 1. The summed E-state index contributed by atoms with van der Waals surface area (Å²) in [5.74, 6) is 0.887. The second-order valence-corrected chi connectivity index (χ2v) is 5.13. The van der Waals surface area contributed by atoms with Gasteiger partial charge in [0.15, 0.2) is 18.1 Å². The van der Waals surface area contributed by atoms with E-state index in [0.29, 0.717) is 23.2 Å². The van der Waals surface area contributed by atoms with Crippen molar-refractivity contribution in [1.29, 1.82) is 0 Å². The van der Waals surface area contributed by atoms with Crippen LogP contribution in [0.15, 0.2) is 24.3 Å². The summed E-state index contributed by atoms with van der Waals surface area (Å²) in [5, 5.41) is 11.8. The maximum atomic E-state index is 11.8. The number of anilines is 1. The van der Waals surface area contributed by atoms with E-state index in [2.05, 4.69) is 15.5 Å². The van der Waals surface area contributed by atoms with Gasteiger partial charge in [0, 0.05) is 0 Å². The van der Waals surface area contributed by atoms with Crippen LogP contribution in [-0.4, -0.2) is 29.3 Å². The second-order valence-electron chi connectivity index (χ2n) is 4.07. The second kappa shape index (κ2) is 7.58. The normalized spacial score (nSPS) is 10.2. The quantitative estimate of drug-likeness (QED) is 0.851. The third-order valence-electron chi connectivity index (χ3n) is 2.52. The molecule has 21 heavy (non-hydrogen) atoms. The Morgan fingerprint density at radius 2 is 1.90 bits per heavy atom. The Morgan fingerprint density at radius 3 is 2.52 bits per heavy atom. The first kappa shape index (κ1) is 15.2. The third-order valence-corrected chi connectivity index (χ3v) is 3.51. The Labute approximate surface area is 127 Å². The molecule has 2 aromatic rings. The summed E-state index contributed by atoms with van der Waals surface area (Å²) >= 11 is 1.36. The lowest BCUT2D eigenvalue weighted by Crippen LogP contribution is -2.20. The molecule has 0 aliphatic heterocycles. The lowest BCUT2D eigenvalue weighted by Gasteiger charge is -2.10. The average molecular weight is 307 g/mol. The number of carbonyl (C=O) groups excluding carboxylic acids is 1. The third kappa shape index (κ3) is 4.42. The number of nitrogens with zero attached hydrogens (tertiary/aromatic N) is 2. The summed E-state index contributed by atoms with van der Waals surface area (Å²) in [7, 11) is 0. The predicted molar refractivity (Wildman–Crippen MR) is 81.0 cm³/mol. The smallest absolute Gasteiger partial charge is 0.264 e. The van der Waals surface area contributed by atoms with Gasteiger partial charge in [-0.15, -0.1) is 10.2 Å². The van der Waals surface area contributed by atoms with E-state index in [0.717, 1.165) is 11.4 Å². The van der Waals surface area contributed by atoms with E-state index >= 15 is 0 Å². The number of aromatic nitrogens is 2. The first-order chi connectivity index (χ1) is 10.2. The van der Waals surface area contributed by atoms with Gasteiger partial charge in [0.2, 0.25) is 5.13 Å². The van der Waals surface area contributed by atoms with Gasteiger partial charge in [-0.3, -0.25) is 10.1 Å². The van der Waals surface area contributed by atoms with Gasteiger partial charge in [0.05, 0.1) is 6.61 Å². The zero-order valence-electron chi connectivity index (χ0n) is 12.0. The molecule has 0 aliphatic carbocycles. The van der Waals surface area contributed by atoms with E-state index in [1.54, 1.807) is 12.1 Å². The highest BCUT2D eigenvalue weighted by atomic mass is 32.1.